The Bertz CT molecular complexity index is 686. The topological polar surface area (TPSA) is 67.9 Å². The second-order valence-electron chi connectivity index (χ2n) is 7.79. The molecule has 1 amide bonds. The molecule has 2 aliphatic heterocycles. The second kappa shape index (κ2) is 7.27. The average Bonchev–Trinajstić information content (AvgIpc) is 2.63. The number of benzene rings is 1. The molecule has 6 heteroatoms. The van der Waals surface area contributed by atoms with Gasteiger partial charge in [0.2, 0.25) is 5.91 Å². The number of carbonyl (C=O) groups is 2. The van der Waals surface area contributed by atoms with Crippen molar-refractivity contribution in [2.75, 3.05) is 40.4 Å². The zero-order valence-corrected chi connectivity index (χ0v) is 15.8. The number of rotatable bonds is 5. The van der Waals surface area contributed by atoms with Gasteiger partial charge in [-0.05, 0) is 43.9 Å². The van der Waals surface area contributed by atoms with E-state index in [1.165, 1.54) is 7.11 Å². The Morgan fingerprint density at radius 2 is 2.04 bits per heavy atom. The molecule has 0 bridgehead atoms. The molecule has 6 nitrogen and oxygen atoms in total. The van der Waals surface area contributed by atoms with Crippen LogP contribution in [0.5, 0.6) is 5.75 Å². The van der Waals surface area contributed by atoms with Crippen molar-refractivity contribution in [2.24, 2.45) is 10.8 Å². The number of carbonyl (C=O) groups excluding carboxylic acids is 2. The zero-order valence-electron chi connectivity index (χ0n) is 15.8. The highest BCUT2D eigenvalue weighted by Gasteiger charge is 2.49. The Kier molecular flexibility index (Phi) is 5.23. The van der Waals surface area contributed by atoms with Crippen LogP contribution < -0.4 is 10.1 Å². The number of piperidine rings is 1. The molecular formula is C20H28N2O4. The van der Waals surface area contributed by atoms with Gasteiger partial charge < -0.3 is 19.7 Å². The van der Waals surface area contributed by atoms with Gasteiger partial charge in [-0.3, -0.25) is 9.59 Å². The van der Waals surface area contributed by atoms with E-state index in [0.29, 0.717) is 32.6 Å². The first kappa shape index (κ1) is 18.7. The number of amides is 1. The predicted molar refractivity (Wildman–Crippen MR) is 97.9 cm³/mol. The summed E-state index contributed by atoms with van der Waals surface area (Å²) < 4.78 is 10.3. The van der Waals surface area contributed by atoms with Crippen LogP contribution in [-0.4, -0.2) is 57.2 Å². The van der Waals surface area contributed by atoms with Crippen LogP contribution in [0, 0.1) is 10.8 Å². The Morgan fingerprint density at radius 1 is 1.27 bits per heavy atom. The first-order valence-corrected chi connectivity index (χ1v) is 9.14. The Morgan fingerprint density at radius 3 is 2.65 bits per heavy atom. The van der Waals surface area contributed by atoms with Gasteiger partial charge >= 0.3 is 5.97 Å². The molecule has 1 unspecified atom stereocenters. The maximum absolute atomic E-state index is 13.4. The number of esters is 1. The monoisotopic (exact) mass is 360 g/mol. The maximum Gasteiger partial charge on any atom is 0.313 e. The van der Waals surface area contributed by atoms with E-state index < -0.39 is 10.8 Å². The van der Waals surface area contributed by atoms with E-state index in [-0.39, 0.29) is 11.9 Å². The summed E-state index contributed by atoms with van der Waals surface area (Å²) in [7, 11) is 3.06. The molecular weight excluding hydrogens is 332 g/mol. The Labute approximate surface area is 154 Å². The van der Waals surface area contributed by atoms with Crippen LogP contribution in [-0.2, 0) is 20.7 Å². The van der Waals surface area contributed by atoms with Crippen molar-refractivity contribution in [1.29, 1.82) is 0 Å². The van der Waals surface area contributed by atoms with Crippen LogP contribution in [0.25, 0.3) is 0 Å². The van der Waals surface area contributed by atoms with E-state index in [2.05, 4.69) is 5.32 Å². The zero-order chi connectivity index (χ0) is 18.8. The van der Waals surface area contributed by atoms with E-state index >= 15 is 0 Å². The molecule has 0 aliphatic carbocycles. The third-order valence-corrected chi connectivity index (χ3v) is 5.72. The number of hydrogen-bond acceptors (Lipinski definition) is 5. The first-order valence-electron chi connectivity index (χ1n) is 9.14. The van der Waals surface area contributed by atoms with Gasteiger partial charge in [-0.15, -0.1) is 0 Å². The van der Waals surface area contributed by atoms with Crippen molar-refractivity contribution >= 4 is 11.9 Å². The SMILES string of the molecule is COC(=O)C1(C)CCCN(C(=O)C2(Cc3cccc(OC)c3)CNC2)C1. The van der Waals surface area contributed by atoms with Gasteiger partial charge in [-0.25, -0.2) is 0 Å². The normalized spacial score (nSPS) is 24.5. The highest BCUT2D eigenvalue weighted by atomic mass is 16.5. The number of nitrogens with zero attached hydrogens (tertiary/aromatic N) is 1. The molecule has 2 fully saturated rings. The van der Waals surface area contributed by atoms with Crippen molar-refractivity contribution in [3.05, 3.63) is 29.8 Å². The van der Waals surface area contributed by atoms with Crippen molar-refractivity contribution in [2.45, 2.75) is 26.2 Å². The maximum atomic E-state index is 13.4. The van der Waals surface area contributed by atoms with Crippen LogP contribution >= 0.6 is 0 Å². The van der Waals surface area contributed by atoms with Crippen molar-refractivity contribution in [1.82, 2.24) is 10.2 Å². The van der Waals surface area contributed by atoms with Crippen molar-refractivity contribution in [3.8, 4) is 5.75 Å². The fourth-order valence-corrected chi connectivity index (χ4v) is 4.11. The van der Waals surface area contributed by atoms with E-state index in [1.54, 1.807) is 7.11 Å². The highest BCUT2D eigenvalue weighted by molar-refractivity contribution is 5.86. The molecule has 2 heterocycles. The lowest BCUT2D eigenvalue weighted by molar-refractivity contribution is -0.160. The molecule has 0 spiro atoms. The van der Waals surface area contributed by atoms with Crippen LogP contribution in [0.1, 0.15) is 25.3 Å². The van der Waals surface area contributed by atoms with Crippen LogP contribution in [0.2, 0.25) is 0 Å². The lowest BCUT2D eigenvalue weighted by Gasteiger charge is -2.47. The Hall–Kier alpha value is -2.08. The largest absolute Gasteiger partial charge is 0.497 e. The number of methoxy groups -OCH3 is 2. The summed E-state index contributed by atoms with van der Waals surface area (Å²) in [4.78, 5) is 27.4. The van der Waals surface area contributed by atoms with Gasteiger partial charge in [0.15, 0.2) is 0 Å². The smallest absolute Gasteiger partial charge is 0.313 e. The van der Waals surface area contributed by atoms with Crippen LogP contribution in [0.3, 0.4) is 0 Å². The van der Waals surface area contributed by atoms with E-state index in [0.717, 1.165) is 24.2 Å². The van der Waals surface area contributed by atoms with Crippen molar-refractivity contribution in [3.63, 3.8) is 0 Å². The minimum Gasteiger partial charge on any atom is -0.497 e. The molecule has 26 heavy (non-hydrogen) atoms. The summed E-state index contributed by atoms with van der Waals surface area (Å²) in [5.74, 6) is 0.700. The van der Waals surface area contributed by atoms with E-state index in [9.17, 15) is 9.59 Å². The molecule has 1 aromatic rings. The molecule has 3 rings (SSSR count). The Balaban J connectivity index is 1.76. The van der Waals surface area contributed by atoms with Crippen LogP contribution in [0.15, 0.2) is 24.3 Å². The van der Waals surface area contributed by atoms with Gasteiger partial charge in [0.25, 0.3) is 0 Å². The third-order valence-electron chi connectivity index (χ3n) is 5.72. The van der Waals surface area contributed by atoms with Gasteiger partial charge in [0, 0.05) is 26.2 Å². The lowest BCUT2D eigenvalue weighted by atomic mass is 9.73. The fraction of sp³-hybridized carbons (Fsp3) is 0.600. The summed E-state index contributed by atoms with van der Waals surface area (Å²) in [5.41, 5.74) is 0.0319. The van der Waals surface area contributed by atoms with E-state index in [4.69, 9.17) is 9.47 Å². The number of likely N-dealkylation sites (tertiary alicyclic amines) is 1. The summed E-state index contributed by atoms with van der Waals surface area (Å²) in [6.07, 6.45) is 2.24. The molecule has 1 aromatic carbocycles. The molecule has 0 radical (unpaired) electrons. The molecule has 142 valence electrons. The fourth-order valence-electron chi connectivity index (χ4n) is 4.11. The minimum absolute atomic E-state index is 0.133. The highest BCUT2D eigenvalue weighted by Crippen LogP contribution is 2.36. The summed E-state index contributed by atoms with van der Waals surface area (Å²) in [6.45, 7) is 4.35. The van der Waals surface area contributed by atoms with Crippen molar-refractivity contribution < 1.29 is 19.1 Å². The molecule has 2 aliphatic rings. The second-order valence-corrected chi connectivity index (χ2v) is 7.79. The molecule has 0 saturated carbocycles. The van der Waals surface area contributed by atoms with Gasteiger partial charge in [0.1, 0.15) is 5.75 Å². The lowest BCUT2D eigenvalue weighted by Crippen LogP contribution is -2.65. The molecule has 2 saturated heterocycles. The first-order chi connectivity index (χ1) is 12.4. The predicted octanol–water partition coefficient (Wildman–Crippen LogP) is 1.63. The summed E-state index contributed by atoms with van der Waals surface area (Å²) in [6, 6.07) is 7.88. The molecule has 1 atom stereocenters. The third kappa shape index (κ3) is 3.43. The van der Waals surface area contributed by atoms with Gasteiger partial charge in [0.05, 0.1) is 25.0 Å². The van der Waals surface area contributed by atoms with Gasteiger partial charge in [-0.1, -0.05) is 12.1 Å². The van der Waals surface area contributed by atoms with Crippen LogP contribution in [0.4, 0.5) is 0 Å². The molecule has 1 N–H and O–H groups in total. The quantitative estimate of drug-likeness (QED) is 0.809. The minimum atomic E-state index is -0.614. The van der Waals surface area contributed by atoms with Gasteiger partial charge in [-0.2, -0.15) is 0 Å². The number of nitrogens with one attached hydrogen (secondary N) is 1. The number of hydrogen-bond donors (Lipinski definition) is 1. The molecule has 0 aromatic heterocycles. The number of ether oxygens (including phenoxy) is 2. The summed E-state index contributed by atoms with van der Waals surface area (Å²) >= 11 is 0. The summed E-state index contributed by atoms with van der Waals surface area (Å²) in [5, 5.41) is 3.26. The standard InChI is InChI=1S/C20H28N2O4/c1-19(18(24)26-3)8-5-9-22(14-19)17(23)20(12-21-13-20)11-15-6-4-7-16(10-15)25-2/h4,6-7,10,21H,5,8-9,11-14H2,1-3H3. The average molecular weight is 360 g/mol. The van der Waals surface area contributed by atoms with E-state index in [1.807, 2.05) is 36.1 Å².